The second-order valence-electron chi connectivity index (χ2n) is 3.56. The maximum atomic E-state index is 12.1. The van der Waals surface area contributed by atoms with Crippen LogP contribution in [0.5, 0.6) is 0 Å². The predicted molar refractivity (Wildman–Crippen MR) is 68.4 cm³/mol. The lowest BCUT2D eigenvalue weighted by Gasteiger charge is -2.18. The van der Waals surface area contributed by atoms with Gasteiger partial charge in [-0.05, 0) is 24.3 Å². The molecule has 17 heavy (non-hydrogen) atoms. The topological polar surface area (TPSA) is 33.2 Å². The van der Waals surface area contributed by atoms with Crippen molar-refractivity contribution in [2.45, 2.75) is 0 Å². The Morgan fingerprint density at radius 2 is 2.00 bits per heavy atom. The molecule has 0 saturated carbocycles. The highest BCUT2D eigenvalue weighted by Gasteiger charge is 2.15. The lowest BCUT2D eigenvalue weighted by molar-refractivity contribution is 0.0992. The third kappa shape index (κ3) is 2.45. The van der Waals surface area contributed by atoms with Gasteiger partial charge in [-0.15, -0.1) is 0 Å². The van der Waals surface area contributed by atoms with Crippen LogP contribution in [0.25, 0.3) is 0 Å². The number of anilines is 1. The molecule has 0 radical (unpaired) electrons. The van der Waals surface area contributed by atoms with Gasteiger partial charge in [-0.2, -0.15) is 0 Å². The van der Waals surface area contributed by atoms with Crippen LogP contribution in [0.15, 0.2) is 48.8 Å². The zero-order valence-corrected chi connectivity index (χ0v) is 10.1. The van der Waals surface area contributed by atoms with Crippen molar-refractivity contribution in [1.29, 1.82) is 0 Å². The molecule has 0 fully saturated rings. The number of halogens is 1. The van der Waals surface area contributed by atoms with E-state index in [0.29, 0.717) is 16.3 Å². The number of aromatic nitrogens is 1. The fraction of sp³-hybridized carbons (Fsp3) is 0.0769. The van der Waals surface area contributed by atoms with Crippen molar-refractivity contribution in [1.82, 2.24) is 4.98 Å². The van der Waals surface area contributed by atoms with Gasteiger partial charge in [0.05, 0.1) is 16.3 Å². The summed E-state index contributed by atoms with van der Waals surface area (Å²) in [6, 6.07) is 10.7. The summed E-state index contributed by atoms with van der Waals surface area (Å²) in [4.78, 5) is 17.6. The van der Waals surface area contributed by atoms with Gasteiger partial charge in [0.15, 0.2) is 0 Å². The largest absolute Gasteiger partial charge is 0.310 e. The number of hydrogen-bond acceptors (Lipinski definition) is 2. The van der Waals surface area contributed by atoms with Crippen LogP contribution in [0, 0.1) is 0 Å². The number of carbonyl (C=O) groups excluding carboxylic acids is 1. The molecular formula is C13H11ClN2O. The summed E-state index contributed by atoms with van der Waals surface area (Å²) in [5, 5.41) is 0.548. The average molecular weight is 247 g/mol. The molecule has 0 aliphatic rings. The van der Waals surface area contributed by atoms with Crippen LogP contribution in [0.2, 0.25) is 5.02 Å². The van der Waals surface area contributed by atoms with Crippen molar-refractivity contribution in [3.8, 4) is 0 Å². The Morgan fingerprint density at radius 1 is 1.24 bits per heavy atom. The van der Waals surface area contributed by atoms with E-state index in [9.17, 15) is 4.79 Å². The minimum atomic E-state index is -0.133. The average Bonchev–Trinajstić information content (AvgIpc) is 2.39. The van der Waals surface area contributed by atoms with Crippen LogP contribution >= 0.6 is 11.6 Å². The first-order valence-electron chi connectivity index (χ1n) is 5.13. The number of rotatable bonds is 2. The van der Waals surface area contributed by atoms with Crippen LogP contribution in [0.3, 0.4) is 0 Å². The molecular weight excluding hydrogens is 236 g/mol. The molecule has 1 amide bonds. The van der Waals surface area contributed by atoms with E-state index in [2.05, 4.69) is 4.98 Å². The summed E-state index contributed by atoms with van der Waals surface area (Å²) in [5.41, 5.74) is 1.22. The second-order valence-corrected chi connectivity index (χ2v) is 3.96. The minimum absolute atomic E-state index is 0.133. The normalized spacial score (nSPS) is 10.0. The third-order valence-corrected chi connectivity index (χ3v) is 2.75. The molecule has 0 aliphatic heterocycles. The fourth-order valence-corrected chi connectivity index (χ4v) is 1.78. The summed E-state index contributed by atoms with van der Waals surface area (Å²) < 4.78 is 0. The summed E-state index contributed by atoms with van der Waals surface area (Å²) in [5.74, 6) is -0.133. The van der Waals surface area contributed by atoms with Crippen molar-refractivity contribution in [2.24, 2.45) is 0 Å². The highest BCUT2D eigenvalue weighted by atomic mass is 35.5. The molecule has 3 nitrogen and oxygen atoms in total. The smallest absolute Gasteiger partial charge is 0.259 e. The van der Waals surface area contributed by atoms with Gasteiger partial charge in [0, 0.05) is 19.4 Å². The Balaban J connectivity index is 2.30. The Labute approximate surface area is 105 Å². The summed E-state index contributed by atoms with van der Waals surface area (Å²) in [6.45, 7) is 0. The highest BCUT2D eigenvalue weighted by molar-refractivity contribution is 6.34. The van der Waals surface area contributed by atoms with Gasteiger partial charge in [0.2, 0.25) is 0 Å². The molecule has 86 valence electrons. The van der Waals surface area contributed by atoms with Crippen molar-refractivity contribution in [3.63, 3.8) is 0 Å². The van der Waals surface area contributed by atoms with E-state index >= 15 is 0 Å². The Morgan fingerprint density at radius 3 is 2.65 bits per heavy atom. The van der Waals surface area contributed by atoms with Crippen molar-refractivity contribution >= 4 is 23.2 Å². The van der Waals surface area contributed by atoms with E-state index in [1.165, 1.54) is 11.1 Å². The molecule has 1 aromatic heterocycles. The van der Waals surface area contributed by atoms with Gasteiger partial charge in [-0.25, -0.2) is 0 Å². The summed E-state index contributed by atoms with van der Waals surface area (Å²) >= 11 is 6.04. The number of nitrogens with zero attached hydrogens (tertiary/aromatic N) is 2. The Bertz CT molecular complexity index is 528. The first-order valence-corrected chi connectivity index (χ1v) is 5.50. The van der Waals surface area contributed by atoms with Crippen molar-refractivity contribution in [3.05, 3.63) is 59.4 Å². The predicted octanol–water partition coefficient (Wildman–Crippen LogP) is 3.01. The minimum Gasteiger partial charge on any atom is -0.310 e. The number of amides is 1. The van der Waals surface area contributed by atoms with Crippen LogP contribution in [0.1, 0.15) is 10.4 Å². The number of para-hydroxylation sites is 1. The quantitative estimate of drug-likeness (QED) is 0.816. The lowest BCUT2D eigenvalue weighted by atomic mass is 10.2. The number of carbonyl (C=O) groups is 1. The molecule has 2 rings (SSSR count). The lowest BCUT2D eigenvalue weighted by Crippen LogP contribution is -2.26. The SMILES string of the molecule is CN(C(=O)c1cccnc1)c1ccccc1Cl. The second kappa shape index (κ2) is 4.97. The van der Waals surface area contributed by atoms with E-state index in [4.69, 9.17) is 11.6 Å². The van der Waals surface area contributed by atoms with E-state index in [1.807, 2.05) is 12.1 Å². The maximum absolute atomic E-state index is 12.1. The van der Waals surface area contributed by atoms with Gasteiger partial charge in [-0.3, -0.25) is 9.78 Å². The summed E-state index contributed by atoms with van der Waals surface area (Å²) in [6.07, 6.45) is 3.17. The zero-order chi connectivity index (χ0) is 12.3. The van der Waals surface area contributed by atoms with Crippen molar-refractivity contribution < 1.29 is 4.79 Å². The molecule has 0 saturated heterocycles. The van der Waals surface area contributed by atoms with Crippen LogP contribution in [-0.4, -0.2) is 17.9 Å². The monoisotopic (exact) mass is 246 g/mol. The van der Waals surface area contributed by atoms with Gasteiger partial charge < -0.3 is 4.90 Å². The van der Waals surface area contributed by atoms with Crippen molar-refractivity contribution in [2.75, 3.05) is 11.9 Å². The Hall–Kier alpha value is -1.87. The van der Waals surface area contributed by atoms with Crippen LogP contribution in [0.4, 0.5) is 5.69 Å². The zero-order valence-electron chi connectivity index (χ0n) is 9.30. The third-order valence-electron chi connectivity index (χ3n) is 2.43. The molecule has 2 aromatic rings. The molecule has 0 aliphatic carbocycles. The molecule has 0 unspecified atom stereocenters. The Kier molecular flexibility index (Phi) is 3.40. The molecule has 4 heteroatoms. The van der Waals surface area contributed by atoms with E-state index in [-0.39, 0.29) is 5.91 Å². The fourth-order valence-electron chi connectivity index (χ4n) is 1.52. The van der Waals surface area contributed by atoms with Gasteiger partial charge in [-0.1, -0.05) is 23.7 Å². The van der Waals surface area contributed by atoms with Gasteiger partial charge in [0.1, 0.15) is 0 Å². The molecule has 1 aromatic carbocycles. The number of pyridine rings is 1. The molecule has 0 N–H and O–H groups in total. The van der Waals surface area contributed by atoms with E-state index < -0.39 is 0 Å². The number of hydrogen-bond donors (Lipinski definition) is 0. The first kappa shape index (κ1) is 11.6. The molecule has 0 bridgehead atoms. The summed E-state index contributed by atoms with van der Waals surface area (Å²) in [7, 11) is 1.69. The van der Waals surface area contributed by atoms with Crippen LogP contribution in [-0.2, 0) is 0 Å². The number of benzene rings is 1. The van der Waals surface area contributed by atoms with Gasteiger partial charge in [0.25, 0.3) is 5.91 Å². The highest BCUT2D eigenvalue weighted by Crippen LogP contribution is 2.25. The van der Waals surface area contributed by atoms with E-state index in [1.54, 1.807) is 37.5 Å². The first-order chi connectivity index (χ1) is 8.20. The van der Waals surface area contributed by atoms with Crippen LogP contribution < -0.4 is 4.90 Å². The van der Waals surface area contributed by atoms with E-state index in [0.717, 1.165) is 0 Å². The molecule has 0 spiro atoms. The maximum Gasteiger partial charge on any atom is 0.259 e. The standard InChI is InChI=1S/C13H11ClN2O/c1-16(12-7-3-2-6-11(12)14)13(17)10-5-4-8-15-9-10/h2-9H,1H3. The molecule has 0 atom stereocenters. The molecule has 1 heterocycles. The van der Waals surface area contributed by atoms with Gasteiger partial charge >= 0.3 is 0 Å².